The number of alkyl halides is 3. The van der Waals surface area contributed by atoms with Gasteiger partial charge < -0.3 is 9.88 Å². The van der Waals surface area contributed by atoms with E-state index in [9.17, 15) is 18.0 Å². The number of fused-ring (bicyclic) bond motifs is 1. The van der Waals surface area contributed by atoms with Crippen LogP contribution in [0.4, 0.5) is 18.9 Å². The van der Waals surface area contributed by atoms with Crippen molar-refractivity contribution in [1.82, 2.24) is 9.55 Å². The summed E-state index contributed by atoms with van der Waals surface area (Å²) in [5.74, 6) is -0.534. The van der Waals surface area contributed by atoms with Gasteiger partial charge in [-0.25, -0.2) is 4.98 Å². The first-order valence-corrected chi connectivity index (χ1v) is 8.22. The molecule has 136 valence electrons. The van der Waals surface area contributed by atoms with Gasteiger partial charge in [0.2, 0.25) is 0 Å². The van der Waals surface area contributed by atoms with Crippen LogP contribution >= 0.6 is 11.6 Å². The quantitative estimate of drug-likeness (QED) is 0.670. The molecule has 4 nitrogen and oxygen atoms in total. The lowest BCUT2D eigenvalue weighted by atomic mass is 10.1. The predicted octanol–water partition coefficient (Wildman–Crippen LogP) is 5.29. The summed E-state index contributed by atoms with van der Waals surface area (Å²) in [6.45, 7) is 4.56. The highest BCUT2D eigenvalue weighted by atomic mass is 35.5. The number of nitrogens with zero attached hydrogens (tertiary/aromatic N) is 2. The van der Waals surface area contributed by atoms with Crippen molar-refractivity contribution < 1.29 is 18.0 Å². The van der Waals surface area contributed by atoms with Gasteiger partial charge in [0.05, 0.1) is 16.1 Å². The average Bonchev–Trinajstić information content (AvgIpc) is 2.91. The number of rotatable bonds is 3. The first kappa shape index (κ1) is 18.3. The average molecular weight is 382 g/mol. The van der Waals surface area contributed by atoms with Crippen molar-refractivity contribution in [2.75, 3.05) is 5.32 Å². The lowest BCUT2D eigenvalue weighted by Crippen LogP contribution is -2.13. The summed E-state index contributed by atoms with van der Waals surface area (Å²) in [4.78, 5) is 16.8. The van der Waals surface area contributed by atoms with Gasteiger partial charge in [0.1, 0.15) is 5.65 Å². The van der Waals surface area contributed by atoms with Crippen LogP contribution in [-0.2, 0) is 12.7 Å². The molecule has 0 saturated heterocycles. The summed E-state index contributed by atoms with van der Waals surface area (Å²) in [6, 6.07) is 4.20. The van der Waals surface area contributed by atoms with Crippen molar-refractivity contribution in [3.05, 3.63) is 58.4 Å². The fraction of sp³-hybridized carbons (Fsp3) is 0.222. The Labute approximate surface area is 152 Å². The van der Waals surface area contributed by atoms with Crippen molar-refractivity contribution >= 4 is 34.2 Å². The second kappa shape index (κ2) is 6.64. The van der Waals surface area contributed by atoms with Crippen LogP contribution in [0, 0.1) is 6.92 Å². The van der Waals surface area contributed by atoms with Crippen LogP contribution in [0.15, 0.2) is 36.7 Å². The fourth-order valence-corrected chi connectivity index (χ4v) is 3.11. The van der Waals surface area contributed by atoms with Gasteiger partial charge in [0, 0.05) is 30.0 Å². The minimum absolute atomic E-state index is 0.163. The van der Waals surface area contributed by atoms with Crippen molar-refractivity contribution in [2.24, 2.45) is 0 Å². The van der Waals surface area contributed by atoms with Crippen molar-refractivity contribution in [3.63, 3.8) is 0 Å². The van der Waals surface area contributed by atoms with Crippen LogP contribution in [0.5, 0.6) is 0 Å². The second-order valence-electron chi connectivity index (χ2n) is 5.81. The summed E-state index contributed by atoms with van der Waals surface area (Å²) in [7, 11) is 0. The minimum atomic E-state index is -4.43. The summed E-state index contributed by atoms with van der Waals surface area (Å²) in [5, 5.41) is 3.50. The third-order valence-electron chi connectivity index (χ3n) is 4.07. The Morgan fingerprint density at radius 3 is 2.50 bits per heavy atom. The Morgan fingerprint density at radius 1 is 1.27 bits per heavy atom. The molecule has 0 radical (unpaired) electrons. The molecule has 1 amide bonds. The number of carbonyl (C=O) groups is 1. The van der Waals surface area contributed by atoms with E-state index in [4.69, 9.17) is 11.6 Å². The number of halogens is 4. The van der Waals surface area contributed by atoms with Gasteiger partial charge in [-0.05, 0) is 43.7 Å². The lowest BCUT2D eigenvalue weighted by molar-refractivity contribution is -0.137. The molecule has 0 aliphatic heterocycles. The number of carbonyl (C=O) groups excluding carboxylic acids is 1. The number of anilines is 1. The molecule has 2 aromatic heterocycles. The number of nitrogens with one attached hydrogen (secondary N) is 1. The number of amides is 1. The largest absolute Gasteiger partial charge is 0.416 e. The molecule has 1 aromatic carbocycles. The molecule has 0 aliphatic rings. The van der Waals surface area contributed by atoms with E-state index >= 15 is 0 Å². The molecular weight excluding hydrogens is 367 g/mol. The predicted molar refractivity (Wildman–Crippen MR) is 94.6 cm³/mol. The Bertz CT molecular complexity index is 978. The van der Waals surface area contributed by atoms with Crippen LogP contribution in [0.25, 0.3) is 11.0 Å². The maximum absolute atomic E-state index is 12.6. The minimum Gasteiger partial charge on any atom is -0.332 e. The molecule has 8 heteroatoms. The van der Waals surface area contributed by atoms with E-state index in [1.54, 1.807) is 0 Å². The molecule has 0 aliphatic carbocycles. The van der Waals surface area contributed by atoms with E-state index in [1.165, 1.54) is 18.3 Å². The third-order valence-corrected chi connectivity index (χ3v) is 4.46. The molecule has 3 aromatic rings. The first-order valence-electron chi connectivity index (χ1n) is 7.85. The highest BCUT2D eigenvalue weighted by Gasteiger charge is 2.30. The second-order valence-corrected chi connectivity index (χ2v) is 6.19. The molecule has 0 fully saturated rings. The zero-order valence-corrected chi connectivity index (χ0v) is 14.7. The molecule has 3 rings (SSSR count). The standard InChI is InChI=1S/C18H15ClF3N3O/c1-3-25-9-10(2)14-15(19)13(8-23-16(14)25)17(26)24-12-6-4-11(5-7-12)18(20,21)22/h4-9H,3H2,1-2H3,(H,24,26). The topological polar surface area (TPSA) is 46.9 Å². The molecule has 26 heavy (non-hydrogen) atoms. The van der Waals surface area contributed by atoms with Crippen LogP contribution < -0.4 is 5.32 Å². The van der Waals surface area contributed by atoms with Gasteiger partial charge in [0.15, 0.2) is 0 Å². The molecule has 0 atom stereocenters. The fourth-order valence-electron chi connectivity index (χ4n) is 2.75. The molecular formula is C18H15ClF3N3O. The maximum Gasteiger partial charge on any atom is 0.416 e. The number of hydrogen-bond acceptors (Lipinski definition) is 2. The van der Waals surface area contributed by atoms with Crippen LogP contribution in [0.2, 0.25) is 5.02 Å². The van der Waals surface area contributed by atoms with E-state index in [0.29, 0.717) is 17.6 Å². The van der Waals surface area contributed by atoms with E-state index < -0.39 is 17.6 Å². The Hall–Kier alpha value is -2.54. The Balaban J connectivity index is 1.91. The monoisotopic (exact) mass is 381 g/mol. The number of pyridine rings is 1. The summed E-state index contributed by atoms with van der Waals surface area (Å²) in [5.41, 5.74) is 1.19. The molecule has 0 bridgehead atoms. The SMILES string of the molecule is CCn1cc(C)c2c(Cl)c(C(=O)Nc3ccc(C(F)(F)F)cc3)cnc21. The van der Waals surface area contributed by atoms with Gasteiger partial charge in [-0.3, -0.25) is 4.79 Å². The number of aryl methyl sites for hydroxylation is 2. The van der Waals surface area contributed by atoms with Gasteiger partial charge in [0.25, 0.3) is 5.91 Å². The van der Waals surface area contributed by atoms with E-state index in [2.05, 4.69) is 10.3 Å². The highest BCUT2D eigenvalue weighted by Crippen LogP contribution is 2.32. The van der Waals surface area contributed by atoms with Gasteiger partial charge in [-0.1, -0.05) is 11.6 Å². The normalized spacial score (nSPS) is 11.8. The molecule has 0 unspecified atom stereocenters. The zero-order valence-electron chi connectivity index (χ0n) is 14.0. The van der Waals surface area contributed by atoms with E-state index in [1.807, 2.05) is 24.6 Å². The third kappa shape index (κ3) is 3.26. The van der Waals surface area contributed by atoms with E-state index in [0.717, 1.165) is 17.7 Å². The van der Waals surface area contributed by atoms with Gasteiger partial charge in [-0.2, -0.15) is 13.2 Å². The van der Waals surface area contributed by atoms with Crippen molar-refractivity contribution in [2.45, 2.75) is 26.6 Å². The molecule has 1 N–H and O–H groups in total. The smallest absolute Gasteiger partial charge is 0.332 e. The van der Waals surface area contributed by atoms with Gasteiger partial charge in [-0.15, -0.1) is 0 Å². The molecule has 0 spiro atoms. The molecule has 0 saturated carbocycles. The highest BCUT2D eigenvalue weighted by molar-refractivity contribution is 6.39. The maximum atomic E-state index is 12.6. The number of hydrogen-bond donors (Lipinski definition) is 1. The van der Waals surface area contributed by atoms with Crippen LogP contribution in [0.1, 0.15) is 28.4 Å². The van der Waals surface area contributed by atoms with Crippen molar-refractivity contribution in [3.8, 4) is 0 Å². The van der Waals surface area contributed by atoms with Crippen LogP contribution in [-0.4, -0.2) is 15.5 Å². The Morgan fingerprint density at radius 2 is 1.92 bits per heavy atom. The zero-order chi connectivity index (χ0) is 19.1. The van der Waals surface area contributed by atoms with Crippen molar-refractivity contribution in [1.29, 1.82) is 0 Å². The lowest BCUT2D eigenvalue weighted by Gasteiger charge is -2.10. The summed E-state index contributed by atoms with van der Waals surface area (Å²) >= 11 is 6.40. The van der Waals surface area contributed by atoms with E-state index in [-0.39, 0.29) is 16.3 Å². The molecule has 2 heterocycles. The summed E-state index contributed by atoms with van der Waals surface area (Å²) in [6.07, 6.45) is -1.15. The number of aromatic nitrogens is 2. The Kier molecular flexibility index (Phi) is 4.66. The first-order chi connectivity index (χ1) is 12.2. The number of benzene rings is 1. The van der Waals surface area contributed by atoms with Crippen LogP contribution in [0.3, 0.4) is 0 Å². The summed E-state index contributed by atoms with van der Waals surface area (Å²) < 4.78 is 39.7. The van der Waals surface area contributed by atoms with Gasteiger partial charge >= 0.3 is 6.18 Å².